The number of aliphatic hydroxyl groups is 1. The van der Waals surface area contributed by atoms with Gasteiger partial charge in [0.2, 0.25) is 0 Å². The van der Waals surface area contributed by atoms with E-state index in [1.54, 1.807) is 0 Å². The molecule has 15 heavy (non-hydrogen) atoms. The first-order valence-electron chi connectivity index (χ1n) is 5.37. The third-order valence-corrected chi connectivity index (χ3v) is 2.54. The predicted molar refractivity (Wildman–Crippen MR) is 64.2 cm³/mol. The number of benzene rings is 1. The number of hydrogen-bond donors (Lipinski definition) is 2. The lowest BCUT2D eigenvalue weighted by Crippen LogP contribution is -2.23. The van der Waals surface area contributed by atoms with Crippen molar-refractivity contribution in [1.29, 1.82) is 0 Å². The summed E-state index contributed by atoms with van der Waals surface area (Å²) in [5, 5.41) is 13.1. The van der Waals surface area contributed by atoms with Gasteiger partial charge in [-0.25, -0.2) is 0 Å². The smallest absolute Gasteiger partial charge is 0.0449 e. The second-order valence-corrected chi connectivity index (χ2v) is 4.01. The van der Waals surface area contributed by atoms with Crippen LogP contribution in [0.2, 0.25) is 5.02 Å². The molecule has 2 nitrogen and oxygen atoms in total. The molecule has 0 bridgehead atoms. The van der Waals surface area contributed by atoms with Crippen LogP contribution >= 0.6 is 11.6 Å². The van der Waals surface area contributed by atoms with Gasteiger partial charge in [0.15, 0.2) is 0 Å². The highest BCUT2D eigenvalue weighted by Gasteiger charge is 2.09. The SMILES string of the molecule is CCCNC(CCO)c1cccc(Cl)c1. The molecule has 84 valence electrons. The summed E-state index contributed by atoms with van der Waals surface area (Å²) in [6.07, 6.45) is 1.81. The molecule has 0 saturated carbocycles. The van der Waals surface area contributed by atoms with Gasteiger partial charge in [0.05, 0.1) is 0 Å². The topological polar surface area (TPSA) is 32.3 Å². The zero-order valence-electron chi connectivity index (χ0n) is 9.04. The van der Waals surface area contributed by atoms with E-state index in [9.17, 15) is 0 Å². The second kappa shape index (κ2) is 6.83. The van der Waals surface area contributed by atoms with Crippen molar-refractivity contribution in [3.8, 4) is 0 Å². The Balaban J connectivity index is 2.69. The standard InChI is InChI=1S/C12H18ClNO/c1-2-7-14-12(6-8-15)10-4-3-5-11(13)9-10/h3-5,9,12,14-15H,2,6-8H2,1H3. The van der Waals surface area contributed by atoms with Crippen molar-refractivity contribution in [2.24, 2.45) is 0 Å². The van der Waals surface area contributed by atoms with Crippen LogP contribution in [0.4, 0.5) is 0 Å². The maximum absolute atomic E-state index is 8.99. The lowest BCUT2D eigenvalue weighted by Gasteiger charge is -2.18. The highest BCUT2D eigenvalue weighted by Crippen LogP contribution is 2.20. The average molecular weight is 228 g/mol. The molecule has 1 aromatic rings. The lowest BCUT2D eigenvalue weighted by atomic mass is 10.0. The zero-order valence-corrected chi connectivity index (χ0v) is 9.80. The minimum Gasteiger partial charge on any atom is -0.396 e. The lowest BCUT2D eigenvalue weighted by molar-refractivity contribution is 0.265. The molecule has 0 saturated heterocycles. The largest absolute Gasteiger partial charge is 0.396 e. The first-order valence-corrected chi connectivity index (χ1v) is 5.75. The Morgan fingerprint density at radius 2 is 2.27 bits per heavy atom. The van der Waals surface area contributed by atoms with Crippen LogP contribution in [0.1, 0.15) is 31.4 Å². The van der Waals surface area contributed by atoms with E-state index in [0.717, 1.165) is 30.0 Å². The molecule has 1 rings (SSSR count). The van der Waals surface area contributed by atoms with E-state index in [1.165, 1.54) is 0 Å². The molecule has 1 atom stereocenters. The van der Waals surface area contributed by atoms with Crippen molar-refractivity contribution in [2.75, 3.05) is 13.2 Å². The van der Waals surface area contributed by atoms with Gasteiger partial charge in [-0.1, -0.05) is 30.7 Å². The van der Waals surface area contributed by atoms with Gasteiger partial charge in [-0.2, -0.15) is 0 Å². The third-order valence-electron chi connectivity index (χ3n) is 2.31. The fraction of sp³-hybridized carbons (Fsp3) is 0.500. The minimum atomic E-state index is 0.188. The van der Waals surface area contributed by atoms with Crippen molar-refractivity contribution >= 4 is 11.6 Å². The Hall–Kier alpha value is -0.570. The van der Waals surface area contributed by atoms with Gasteiger partial charge in [-0.15, -0.1) is 0 Å². The molecule has 0 amide bonds. The van der Waals surface area contributed by atoms with E-state index < -0.39 is 0 Å². The molecule has 0 aliphatic carbocycles. The van der Waals surface area contributed by atoms with Gasteiger partial charge in [0.1, 0.15) is 0 Å². The van der Waals surface area contributed by atoms with Crippen LogP contribution in [0, 0.1) is 0 Å². The van der Waals surface area contributed by atoms with Crippen LogP contribution in [0.15, 0.2) is 24.3 Å². The van der Waals surface area contributed by atoms with Gasteiger partial charge in [0.25, 0.3) is 0 Å². The normalized spacial score (nSPS) is 12.7. The summed E-state index contributed by atoms with van der Waals surface area (Å²) in [5.41, 5.74) is 1.14. The first-order chi connectivity index (χ1) is 7.27. The average Bonchev–Trinajstić information content (AvgIpc) is 2.24. The molecule has 0 spiro atoms. The van der Waals surface area contributed by atoms with E-state index in [2.05, 4.69) is 12.2 Å². The third kappa shape index (κ3) is 4.20. The summed E-state index contributed by atoms with van der Waals surface area (Å²) in [6.45, 7) is 3.27. The highest BCUT2D eigenvalue weighted by atomic mass is 35.5. The van der Waals surface area contributed by atoms with Gasteiger partial charge >= 0.3 is 0 Å². The summed E-state index contributed by atoms with van der Waals surface area (Å²) < 4.78 is 0. The maximum Gasteiger partial charge on any atom is 0.0449 e. The fourth-order valence-corrected chi connectivity index (χ4v) is 1.76. The molecular formula is C12H18ClNO. The Labute approximate surface area is 96.3 Å². The van der Waals surface area contributed by atoms with Crippen molar-refractivity contribution in [2.45, 2.75) is 25.8 Å². The monoisotopic (exact) mass is 227 g/mol. The van der Waals surface area contributed by atoms with Gasteiger partial charge in [-0.3, -0.25) is 0 Å². The Morgan fingerprint density at radius 3 is 2.87 bits per heavy atom. The number of nitrogens with one attached hydrogen (secondary N) is 1. The van der Waals surface area contributed by atoms with Crippen molar-refractivity contribution in [3.63, 3.8) is 0 Å². The van der Waals surface area contributed by atoms with Crippen LogP contribution in [0.3, 0.4) is 0 Å². The van der Waals surface area contributed by atoms with Crippen LogP contribution in [-0.2, 0) is 0 Å². The van der Waals surface area contributed by atoms with Crippen LogP contribution in [0.5, 0.6) is 0 Å². The Bertz CT molecular complexity index is 291. The summed E-state index contributed by atoms with van der Waals surface area (Å²) >= 11 is 5.93. The number of aliphatic hydroxyl groups excluding tert-OH is 1. The van der Waals surface area contributed by atoms with Crippen molar-refractivity contribution in [1.82, 2.24) is 5.32 Å². The summed E-state index contributed by atoms with van der Waals surface area (Å²) in [7, 11) is 0. The summed E-state index contributed by atoms with van der Waals surface area (Å²) in [4.78, 5) is 0. The number of hydrogen-bond acceptors (Lipinski definition) is 2. The molecule has 3 heteroatoms. The van der Waals surface area contributed by atoms with Crippen LogP contribution < -0.4 is 5.32 Å². The van der Waals surface area contributed by atoms with E-state index in [0.29, 0.717) is 0 Å². The van der Waals surface area contributed by atoms with Crippen LogP contribution in [-0.4, -0.2) is 18.3 Å². The van der Waals surface area contributed by atoms with Gasteiger partial charge in [0, 0.05) is 17.7 Å². The molecule has 2 N–H and O–H groups in total. The van der Waals surface area contributed by atoms with E-state index in [1.807, 2.05) is 24.3 Å². The van der Waals surface area contributed by atoms with E-state index in [4.69, 9.17) is 16.7 Å². The van der Waals surface area contributed by atoms with E-state index >= 15 is 0 Å². The van der Waals surface area contributed by atoms with Crippen LogP contribution in [0.25, 0.3) is 0 Å². The molecule has 0 radical (unpaired) electrons. The molecule has 0 fully saturated rings. The minimum absolute atomic E-state index is 0.188. The zero-order chi connectivity index (χ0) is 11.1. The highest BCUT2D eigenvalue weighted by molar-refractivity contribution is 6.30. The second-order valence-electron chi connectivity index (χ2n) is 3.57. The Kier molecular flexibility index (Phi) is 5.69. The maximum atomic E-state index is 8.99. The molecule has 0 heterocycles. The molecule has 0 aliphatic rings. The molecule has 1 unspecified atom stereocenters. The van der Waals surface area contributed by atoms with E-state index in [-0.39, 0.29) is 12.6 Å². The predicted octanol–water partition coefficient (Wildman–Crippen LogP) is 2.76. The Morgan fingerprint density at radius 1 is 1.47 bits per heavy atom. The quantitative estimate of drug-likeness (QED) is 0.784. The molecule has 1 aromatic carbocycles. The first kappa shape index (κ1) is 12.5. The molecular weight excluding hydrogens is 210 g/mol. The summed E-state index contributed by atoms with van der Waals surface area (Å²) in [5.74, 6) is 0. The van der Waals surface area contributed by atoms with Gasteiger partial charge in [-0.05, 0) is 37.1 Å². The fourth-order valence-electron chi connectivity index (χ4n) is 1.56. The summed E-state index contributed by atoms with van der Waals surface area (Å²) in [6, 6.07) is 7.99. The number of rotatable bonds is 6. The molecule has 0 aromatic heterocycles. The number of halogens is 1. The van der Waals surface area contributed by atoms with Crippen molar-refractivity contribution < 1.29 is 5.11 Å². The van der Waals surface area contributed by atoms with Gasteiger partial charge < -0.3 is 10.4 Å². The molecule has 0 aliphatic heterocycles. The van der Waals surface area contributed by atoms with Crippen molar-refractivity contribution in [3.05, 3.63) is 34.9 Å².